The van der Waals surface area contributed by atoms with Gasteiger partial charge in [0.2, 0.25) is 0 Å². The van der Waals surface area contributed by atoms with Crippen molar-refractivity contribution in [2.45, 2.75) is 13.0 Å². The molecule has 3 aromatic rings. The van der Waals surface area contributed by atoms with Crippen LogP contribution in [-0.4, -0.2) is 28.6 Å². The van der Waals surface area contributed by atoms with E-state index in [0.29, 0.717) is 34.5 Å². The number of aromatic amines is 1. The molecule has 0 radical (unpaired) electrons. The summed E-state index contributed by atoms with van der Waals surface area (Å²) in [5.41, 5.74) is 2.51. The topological polar surface area (TPSA) is 53.1 Å². The summed E-state index contributed by atoms with van der Waals surface area (Å²) in [6, 6.07) is 9.71. The van der Waals surface area contributed by atoms with Crippen molar-refractivity contribution in [3.63, 3.8) is 0 Å². The minimum Gasteiger partial charge on any atom is -0.366 e. The molecule has 0 fully saturated rings. The van der Waals surface area contributed by atoms with Gasteiger partial charge in [-0.15, -0.1) is 0 Å². The van der Waals surface area contributed by atoms with Crippen LogP contribution < -0.4 is 5.32 Å². The van der Waals surface area contributed by atoms with Crippen molar-refractivity contribution in [1.82, 2.24) is 15.5 Å². The molecule has 0 aliphatic carbocycles. The third-order valence-electron chi connectivity index (χ3n) is 4.14. The fourth-order valence-electron chi connectivity index (χ4n) is 2.84. The van der Waals surface area contributed by atoms with E-state index in [9.17, 15) is 8.78 Å². The lowest BCUT2D eigenvalue weighted by Gasteiger charge is -2.06. The van der Waals surface area contributed by atoms with Crippen LogP contribution in [0.1, 0.15) is 23.7 Å². The Morgan fingerprint density at radius 1 is 1.12 bits per heavy atom. The van der Waals surface area contributed by atoms with Gasteiger partial charge in [0, 0.05) is 17.0 Å². The van der Waals surface area contributed by atoms with Crippen molar-refractivity contribution < 1.29 is 8.78 Å². The van der Waals surface area contributed by atoms with Gasteiger partial charge in [-0.3, -0.25) is 10.1 Å². The maximum absolute atomic E-state index is 14.4. The predicted molar refractivity (Wildman–Crippen MR) is 95.4 cm³/mol. The number of H-pyrrole nitrogens is 1. The third-order valence-corrected chi connectivity index (χ3v) is 4.14. The molecule has 1 unspecified atom stereocenters. The lowest BCUT2D eigenvalue weighted by molar-refractivity contribution is 0.627. The zero-order chi connectivity index (χ0) is 17.4. The molecule has 2 N–H and O–H groups in total. The van der Waals surface area contributed by atoms with Gasteiger partial charge in [0.1, 0.15) is 23.0 Å². The zero-order valence-electron chi connectivity index (χ0n) is 13.6. The molecule has 25 heavy (non-hydrogen) atoms. The lowest BCUT2D eigenvalue weighted by atomic mass is 10.1. The average molecular weight is 338 g/mol. The van der Waals surface area contributed by atoms with Crippen LogP contribution in [-0.2, 0) is 0 Å². The average Bonchev–Trinajstić information content (AvgIpc) is 3.21. The molecule has 126 valence electrons. The van der Waals surface area contributed by atoms with E-state index >= 15 is 0 Å². The fraction of sp³-hybridized carbons (Fsp3) is 0.158. The van der Waals surface area contributed by atoms with Gasteiger partial charge in [-0.1, -0.05) is 18.2 Å². The van der Waals surface area contributed by atoms with Gasteiger partial charge >= 0.3 is 0 Å². The number of amidine groups is 1. The number of rotatable bonds is 3. The molecule has 0 amide bonds. The molecule has 4 nitrogen and oxygen atoms in total. The first-order chi connectivity index (χ1) is 12.1. The van der Waals surface area contributed by atoms with E-state index in [1.54, 1.807) is 18.2 Å². The normalized spacial score (nSPS) is 17.2. The van der Waals surface area contributed by atoms with Crippen molar-refractivity contribution in [3.05, 3.63) is 64.9 Å². The Balaban J connectivity index is 1.72. The minimum atomic E-state index is -0.370. The molecular weight excluding hydrogens is 322 g/mol. The van der Waals surface area contributed by atoms with E-state index in [0.717, 1.165) is 5.56 Å². The highest BCUT2D eigenvalue weighted by molar-refractivity contribution is 6.04. The number of aromatic nitrogens is 2. The predicted octanol–water partition coefficient (Wildman–Crippen LogP) is 3.75. The Morgan fingerprint density at radius 3 is 2.64 bits per heavy atom. The maximum Gasteiger partial charge on any atom is 0.149 e. The molecule has 0 spiro atoms. The molecule has 1 aromatic heterocycles. The Hall–Kier alpha value is -3.02. The molecular formula is C19H16F2N4. The van der Waals surface area contributed by atoms with Gasteiger partial charge in [0.05, 0.1) is 12.2 Å². The van der Waals surface area contributed by atoms with Crippen LogP contribution in [0.3, 0.4) is 0 Å². The van der Waals surface area contributed by atoms with Gasteiger partial charge in [0.25, 0.3) is 0 Å². The van der Waals surface area contributed by atoms with Crippen LogP contribution in [0.5, 0.6) is 0 Å². The molecule has 1 aliphatic rings. The van der Waals surface area contributed by atoms with E-state index in [-0.39, 0.29) is 17.7 Å². The van der Waals surface area contributed by atoms with E-state index < -0.39 is 0 Å². The molecule has 0 saturated heterocycles. The van der Waals surface area contributed by atoms with E-state index in [1.807, 2.05) is 19.1 Å². The van der Waals surface area contributed by atoms with Crippen molar-refractivity contribution in [2.24, 2.45) is 4.99 Å². The number of hydrogen-bond acceptors (Lipinski definition) is 3. The van der Waals surface area contributed by atoms with Crippen LogP contribution in [0.25, 0.3) is 23.1 Å². The van der Waals surface area contributed by atoms with Crippen LogP contribution in [0.15, 0.2) is 41.4 Å². The molecule has 6 heteroatoms. The summed E-state index contributed by atoms with van der Waals surface area (Å²) in [4.78, 5) is 4.41. The lowest BCUT2D eigenvalue weighted by Crippen LogP contribution is -2.27. The number of nitrogens with zero attached hydrogens (tertiary/aromatic N) is 2. The second-order valence-corrected chi connectivity index (χ2v) is 6.11. The molecule has 2 aromatic carbocycles. The smallest absolute Gasteiger partial charge is 0.149 e. The highest BCUT2D eigenvalue weighted by atomic mass is 19.1. The van der Waals surface area contributed by atoms with Crippen LogP contribution >= 0.6 is 0 Å². The SMILES string of the molecule is CC1CN=C(c2cc(F)c3[nH]nc(C=Cc4ccc(F)cc4)c3c2)N1. The summed E-state index contributed by atoms with van der Waals surface area (Å²) in [5, 5.41) is 10.8. The van der Waals surface area contributed by atoms with Crippen molar-refractivity contribution in [2.75, 3.05) is 6.54 Å². The molecule has 0 saturated carbocycles. The van der Waals surface area contributed by atoms with E-state index in [1.165, 1.54) is 18.2 Å². The summed E-state index contributed by atoms with van der Waals surface area (Å²) in [5.74, 6) is 0.0431. The summed E-state index contributed by atoms with van der Waals surface area (Å²) >= 11 is 0. The summed E-state index contributed by atoms with van der Waals surface area (Å²) in [6.45, 7) is 2.71. The number of fused-ring (bicyclic) bond motifs is 1. The number of hydrogen-bond donors (Lipinski definition) is 2. The number of aliphatic imine (C=N–C) groups is 1. The Kier molecular flexibility index (Phi) is 3.80. The largest absolute Gasteiger partial charge is 0.366 e. The Morgan fingerprint density at radius 2 is 1.92 bits per heavy atom. The van der Waals surface area contributed by atoms with Gasteiger partial charge in [-0.05, 0) is 42.8 Å². The Bertz CT molecular complexity index is 987. The highest BCUT2D eigenvalue weighted by Crippen LogP contribution is 2.23. The van der Waals surface area contributed by atoms with Crippen LogP contribution in [0.2, 0.25) is 0 Å². The zero-order valence-corrected chi connectivity index (χ0v) is 13.6. The van der Waals surface area contributed by atoms with Crippen molar-refractivity contribution in [3.8, 4) is 0 Å². The summed E-state index contributed by atoms with van der Waals surface area (Å²) in [6.07, 6.45) is 3.59. The third kappa shape index (κ3) is 3.03. The van der Waals surface area contributed by atoms with Crippen LogP contribution in [0, 0.1) is 11.6 Å². The number of halogens is 2. The highest BCUT2D eigenvalue weighted by Gasteiger charge is 2.17. The molecule has 1 aliphatic heterocycles. The first kappa shape index (κ1) is 15.5. The second-order valence-electron chi connectivity index (χ2n) is 6.11. The molecule has 0 bridgehead atoms. The quantitative estimate of drug-likeness (QED) is 0.764. The molecule has 2 heterocycles. The first-order valence-corrected chi connectivity index (χ1v) is 8.03. The van der Waals surface area contributed by atoms with Gasteiger partial charge in [-0.25, -0.2) is 8.78 Å². The monoisotopic (exact) mass is 338 g/mol. The summed E-state index contributed by atoms with van der Waals surface area (Å²) < 4.78 is 27.4. The van der Waals surface area contributed by atoms with Gasteiger partial charge < -0.3 is 5.32 Å². The van der Waals surface area contributed by atoms with Crippen LogP contribution in [0.4, 0.5) is 8.78 Å². The summed E-state index contributed by atoms with van der Waals surface area (Å²) in [7, 11) is 0. The van der Waals surface area contributed by atoms with Gasteiger partial charge in [-0.2, -0.15) is 5.10 Å². The Labute approximate surface area is 143 Å². The standard InChI is InChI=1S/C19H16F2N4/c1-11-10-22-19(23-11)13-8-15-17(24-25-18(15)16(21)9-13)7-4-12-2-5-14(20)6-3-12/h2-9,11H,10H2,1H3,(H,22,23)(H,24,25). The minimum absolute atomic E-state index is 0.246. The number of nitrogens with one attached hydrogen (secondary N) is 2. The van der Waals surface area contributed by atoms with E-state index in [2.05, 4.69) is 20.5 Å². The molecule has 4 rings (SSSR count). The second kappa shape index (κ2) is 6.12. The first-order valence-electron chi connectivity index (χ1n) is 8.03. The van der Waals surface area contributed by atoms with E-state index in [4.69, 9.17) is 0 Å². The number of benzene rings is 2. The van der Waals surface area contributed by atoms with Gasteiger partial charge in [0.15, 0.2) is 0 Å². The van der Waals surface area contributed by atoms with Crippen molar-refractivity contribution >= 4 is 28.9 Å². The maximum atomic E-state index is 14.4. The van der Waals surface area contributed by atoms with Crippen molar-refractivity contribution in [1.29, 1.82) is 0 Å². The molecule has 1 atom stereocenters. The fourth-order valence-corrected chi connectivity index (χ4v) is 2.84.